The van der Waals surface area contributed by atoms with Crippen molar-refractivity contribution in [2.45, 2.75) is 13.3 Å². The number of thiazole rings is 1. The molecule has 0 saturated heterocycles. The van der Waals surface area contributed by atoms with Gasteiger partial charge in [-0.25, -0.2) is 4.98 Å². The van der Waals surface area contributed by atoms with Gasteiger partial charge < -0.3 is 10.5 Å². The van der Waals surface area contributed by atoms with Crippen molar-refractivity contribution in [1.82, 2.24) is 4.98 Å². The summed E-state index contributed by atoms with van der Waals surface area (Å²) in [6.45, 7) is 2.00. The Labute approximate surface area is 110 Å². The standard InChI is InChI=1S/C14H12N2OS/c1-10-13(16-14(15)18-10)12-7-5-11(6-8-12)4-2-3-9-17/h5-9H,3H2,1H3,(H2,15,16). The highest BCUT2D eigenvalue weighted by atomic mass is 32.1. The Morgan fingerprint density at radius 3 is 2.67 bits per heavy atom. The van der Waals surface area contributed by atoms with Gasteiger partial charge in [0, 0.05) is 16.0 Å². The molecule has 0 saturated carbocycles. The summed E-state index contributed by atoms with van der Waals surface area (Å²) in [7, 11) is 0. The SMILES string of the molecule is Cc1sc(N)nc1-c1ccc(C#CCC=O)cc1. The number of aldehydes is 1. The van der Waals surface area contributed by atoms with Gasteiger partial charge in [0.1, 0.15) is 6.29 Å². The van der Waals surface area contributed by atoms with E-state index in [1.165, 1.54) is 11.3 Å². The van der Waals surface area contributed by atoms with Crippen molar-refractivity contribution in [2.24, 2.45) is 0 Å². The zero-order valence-corrected chi connectivity index (χ0v) is 10.8. The highest BCUT2D eigenvalue weighted by molar-refractivity contribution is 7.15. The Morgan fingerprint density at radius 1 is 1.39 bits per heavy atom. The molecule has 2 rings (SSSR count). The summed E-state index contributed by atoms with van der Waals surface area (Å²) in [5, 5.41) is 0.581. The van der Waals surface area contributed by atoms with E-state index in [2.05, 4.69) is 16.8 Å². The minimum absolute atomic E-state index is 0.267. The topological polar surface area (TPSA) is 56.0 Å². The number of nitrogen functional groups attached to an aromatic ring is 1. The number of hydrogen-bond donors (Lipinski definition) is 1. The molecule has 0 atom stereocenters. The molecule has 1 aromatic carbocycles. The molecule has 4 heteroatoms. The quantitative estimate of drug-likeness (QED) is 0.664. The zero-order chi connectivity index (χ0) is 13.0. The molecule has 0 aliphatic carbocycles. The van der Waals surface area contributed by atoms with Crippen LogP contribution in [0.4, 0.5) is 5.13 Å². The lowest BCUT2D eigenvalue weighted by Crippen LogP contribution is -1.84. The third-order valence-electron chi connectivity index (χ3n) is 2.39. The number of aromatic nitrogens is 1. The first-order chi connectivity index (χ1) is 8.70. The van der Waals surface area contributed by atoms with E-state index in [4.69, 9.17) is 5.73 Å². The minimum atomic E-state index is 0.267. The van der Waals surface area contributed by atoms with Crippen LogP contribution in [0.2, 0.25) is 0 Å². The Morgan fingerprint density at radius 2 is 2.11 bits per heavy atom. The fraction of sp³-hybridized carbons (Fsp3) is 0.143. The molecule has 1 aromatic heterocycles. The van der Waals surface area contributed by atoms with Crippen LogP contribution in [0.25, 0.3) is 11.3 Å². The molecule has 0 aliphatic rings. The number of hydrogen-bond acceptors (Lipinski definition) is 4. The van der Waals surface area contributed by atoms with Crippen LogP contribution in [-0.4, -0.2) is 11.3 Å². The first-order valence-corrected chi connectivity index (χ1v) is 6.28. The molecule has 90 valence electrons. The molecule has 0 aliphatic heterocycles. The largest absolute Gasteiger partial charge is 0.375 e. The van der Waals surface area contributed by atoms with E-state index < -0.39 is 0 Å². The number of rotatable bonds is 2. The second-order valence-electron chi connectivity index (χ2n) is 3.71. The number of nitrogens with two attached hydrogens (primary N) is 1. The molecule has 0 amide bonds. The Balaban J connectivity index is 2.25. The molecule has 0 spiro atoms. The lowest BCUT2D eigenvalue weighted by atomic mass is 10.1. The van der Waals surface area contributed by atoms with Crippen molar-refractivity contribution in [3.8, 4) is 23.1 Å². The molecular formula is C14H12N2OS. The third-order valence-corrected chi connectivity index (χ3v) is 3.19. The smallest absolute Gasteiger partial charge is 0.180 e. The Hall–Kier alpha value is -2.12. The number of carbonyl (C=O) groups is 1. The number of nitrogens with zero attached hydrogens (tertiary/aromatic N) is 1. The van der Waals surface area contributed by atoms with Crippen LogP contribution in [0.5, 0.6) is 0 Å². The second-order valence-corrected chi connectivity index (χ2v) is 4.94. The predicted molar refractivity (Wildman–Crippen MR) is 74.3 cm³/mol. The molecule has 3 nitrogen and oxygen atoms in total. The molecule has 0 radical (unpaired) electrons. The van der Waals surface area contributed by atoms with Gasteiger partial charge >= 0.3 is 0 Å². The molecular weight excluding hydrogens is 244 g/mol. The predicted octanol–water partition coefficient (Wildman–Crippen LogP) is 2.64. The van der Waals surface area contributed by atoms with E-state index in [1.807, 2.05) is 31.2 Å². The van der Waals surface area contributed by atoms with Gasteiger partial charge in [0.05, 0.1) is 12.1 Å². The number of anilines is 1. The van der Waals surface area contributed by atoms with Crippen LogP contribution in [0.3, 0.4) is 0 Å². The lowest BCUT2D eigenvalue weighted by Gasteiger charge is -1.98. The van der Waals surface area contributed by atoms with Gasteiger partial charge in [0.2, 0.25) is 0 Å². The summed E-state index contributed by atoms with van der Waals surface area (Å²) in [5.41, 5.74) is 8.52. The van der Waals surface area contributed by atoms with Crippen molar-refractivity contribution in [3.63, 3.8) is 0 Å². The molecule has 2 aromatic rings. The van der Waals surface area contributed by atoms with Gasteiger partial charge in [0.15, 0.2) is 5.13 Å². The summed E-state index contributed by atoms with van der Waals surface area (Å²) < 4.78 is 0. The lowest BCUT2D eigenvalue weighted by molar-refractivity contribution is -0.107. The van der Waals surface area contributed by atoms with Crippen LogP contribution in [-0.2, 0) is 4.79 Å². The number of benzene rings is 1. The second kappa shape index (κ2) is 5.48. The van der Waals surface area contributed by atoms with E-state index in [1.54, 1.807) is 0 Å². The fourth-order valence-corrected chi connectivity index (χ4v) is 2.30. The number of aryl methyl sites for hydroxylation is 1. The third kappa shape index (κ3) is 2.76. The van der Waals surface area contributed by atoms with Gasteiger partial charge in [-0.1, -0.05) is 24.0 Å². The van der Waals surface area contributed by atoms with Gasteiger partial charge in [-0.05, 0) is 19.1 Å². The van der Waals surface area contributed by atoms with E-state index in [-0.39, 0.29) is 6.42 Å². The fourth-order valence-electron chi connectivity index (χ4n) is 1.59. The van der Waals surface area contributed by atoms with Gasteiger partial charge in [-0.3, -0.25) is 0 Å². The van der Waals surface area contributed by atoms with Crippen molar-refractivity contribution in [2.75, 3.05) is 5.73 Å². The van der Waals surface area contributed by atoms with Crippen molar-refractivity contribution in [1.29, 1.82) is 0 Å². The van der Waals surface area contributed by atoms with E-state index in [9.17, 15) is 4.79 Å². The van der Waals surface area contributed by atoms with Crippen molar-refractivity contribution in [3.05, 3.63) is 34.7 Å². The van der Waals surface area contributed by atoms with Gasteiger partial charge in [0.25, 0.3) is 0 Å². The maximum atomic E-state index is 10.2. The Bertz CT molecular complexity index is 617. The summed E-state index contributed by atoms with van der Waals surface area (Å²) in [6.07, 6.45) is 1.06. The first-order valence-electron chi connectivity index (χ1n) is 5.46. The monoisotopic (exact) mass is 256 g/mol. The number of carbonyl (C=O) groups excluding carboxylic acids is 1. The van der Waals surface area contributed by atoms with Gasteiger partial charge in [-0.2, -0.15) is 0 Å². The molecule has 18 heavy (non-hydrogen) atoms. The highest BCUT2D eigenvalue weighted by Crippen LogP contribution is 2.28. The summed E-state index contributed by atoms with van der Waals surface area (Å²) >= 11 is 1.48. The van der Waals surface area contributed by atoms with Crippen molar-refractivity contribution >= 4 is 22.8 Å². The van der Waals surface area contributed by atoms with Crippen molar-refractivity contribution < 1.29 is 4.79 Å². The van der Waals surface area contributed by atoms with E-state index in [0.717, 1.165) is 28.0 Å². The van der Waals surface area contributed by atoms with Crippen LogP contribution >= 0.6 is 11.3 Å². The molecule has 0 fully saturated rings. The normalized spacial score (nSPS) is 9.61. The molecule has 2 N–H and O–H groups in total. The van der Waals surface area contributed by atoms with Crippen LogP contribution in [0.15, 0.2) is 24.3 Å². The molecule has 1 heterocycles. The van der Waals surface area contributed by atoms with Gasteiger partial charge in [-0.15, -0.1) is 11.3 Å². The maximum Gasteiger partial charge on any atom is 0.180 e. The maximum absolute atomic E-state index is 10.2. The highest BCUT2D eigenvalue weighted by Gasteiger charge is 2.07. The average Bonchev–Trinajstić information content (AvgIpc) is 2.70. The molecule has 0 unspecified atom stereocenters. The van der Waals surface area contributed by atoms with E-state index >= 15 is 0 Å². The Kier molecular flexibility index (Phi) is 3.75. The van der Waals surface area contributed by atoms with Crippen LogP contribution in [0, 0.1) is 18.8 Å². The summed E-state index contributed by atoms with van der Waals surface area (Å²) in [5.74, 6) is 5.69. The van der Waals surface area contributed by atoms with Crippen LogP contribution in [0.1, 0.15) is 16.9 Å². The van der Waals surface area contributed by atoms with E-state index in [0.29, 0.717) is 5.13 Å². The minimum Gasteiger partial charge on any atom is -0.375 e. The zero-order valence-electron chi connectivity index (χ0n) is 9.93. The first kappa shape index (κ1) is 12.3. The summed E-state index contributed by atoms with van der Waals surface area (Å²) in [6, 6.07) is 7.77. The molecule has 0 bridgehead atoms. The summed E-state index contributed by atoms with van der Waals surface area (Å²) in [4.78, 5) is 15.6. The average molecular weight is 256 g/mol. The van der Waals surface area contributed by atoms with Crippen LogP contribution < -0.4 is 5.73 Å².